The number of nitrogens with one attached hydrogen (secondary N) is 1. The number of fused-ring (bicyclic) bond motifs is 1. The minimum atomic E-state index is -4.46. The standard InChI is InChI=1S/C15H9BrF3N3O/c16-10-4-5-22-12(8-20-13(22)7-10)14(23)21-11-3-1-2-9(6-11)15(17,18)19/h1-8H,(H,21,23). The highest BCUT2D eigenvalue weighted by molar-refractivity contribution is 9.10. The zero-order valence-electron chi connectivity index (χ0n) is 11.4. The van der Waals surface area contributed by atoms with Gasteiger partial charge in [-0.2, -0.15) is 13.2 Å². The fourth-order valence-corrected chi connectivity index (χ4v) is 2.42. The van der Waals surface area contributed by atoms with Crippen molar-refractivity contribution in [2.24, 2.45) is 0 Å². The van der Waals surface area contributed by atoms with Crippen LogP contribution in [-0.4, -0.2) is 15.3 Å². The Morgan fingerprint density at radius 2 is 2.00 bits per heavy atom. The van der Waals surface area contributed by atoms with Crippen molar-refractivity contribution < 1.29 is 18.0 Å². The molecule has 0 aliphatic carbocycles. The third-order valence-electron chi connectivity index (χ3n) is 3.16. The van der Waals surface area contributed by atoms with E-state index in [4.69, 9.17) is 0 Å². The van der Waals surface area contributed by atoms with Crippen molar-refractivity contribution in [2.75, 3.05) is 5.32 Å². The monoisotopic (exact) mass is 383 g/mol. The minimum absolute atomic E-state index is 0.0666. The zero-order chi connectivity index (χ0) is 16.6. The predicted molar refractivity (Wildman–Crippen MR) is 82.3 cm³/mol. The van der Waals surface area contributed by atoms with Gasteiger partial charge in [0, 0.05) is 16.4 Å². The van der Waals surface area contributed by atoms with Crippen LogP contribution < -0.4 is 5.32 Å². The number of halogens is 4. The van der Waals surface area contributed by atoms with Gasteiger partial charge in [0.15, 0.2) is 0 Å². The summed E-state index contributed by atoms with van der Waals surface area (Å²) in [4.78, 5) is 16.4. The molecule has 1 N–H and O–H groups in total. The van der Waals surface area contributed by atoms with E-state index in [2.05, 4.69) is 26.2 Å². The molecule has 2 aromatic heterocycles. The minimum Gasteiger partial charge on any atom is -0.321 e. The molecule has 0 aliphatic heterocycles. The molecule has 3 rings (SSSR count). The lowest BCUT2D eigenvalue weighted by molar-refractivity contribution is -0.137. The predicted octanol–water partition coefficient (Wildman–Crippen LogP) is 4.37. The van der Waals surface area contributed by atoms with Crippen LogP contribution in [-0.2, 0) is 6.18 Å². The number of alkyl halides is 3. The molecule has 0 radical (unpaired) electrons. The number of imidazole rings is 1. The maximum atomic E-state index is 12.7. The summed E-state index contributed by atoms with van der Waals surface area (Å²) in [5, 5.41) is 2.45. The van der Waals surface area contributed by atoms with Gasteiger partial charge in [0.2, 0.25) is 0 Å². The lowest BCUT2D eigenvalue weighted by Crippen LogP contribution is -2.15. The van der Waals surface area contributed by atoms with E-state index in [1.54, 1.807) is 22.7 Å². The maximum absolute atomic E-state index is 12.7. The Morgan fingerprint density at radius 1 is 1.22 bits per heavy atom. The normalized spacial score (nSPS) is 11.7. The number of rotatable bonds is 2. The van der Waals surface area contributed by atoms with Crippen molar-refractivity contribution in [1.29, 1.82) is 0 Å². The van der Waals surface area contributed by atoms with Crippen LogP contribution in [0.1, 0.15) is 16.1 Å². The van der Waals surface area contributed by atoms with Crippen LogP contribution in [0.2, 0.25) is 0 Å². The molecule has 2 heterocycles. The number of amides is 1. The Bertz CT molecular complexity index is 889. The highest BCUT2D eigenvalue weighted by Crippen LogP contribution is 2.30. The number of aromatic nitrogens is 2. The van der Waals surface area contributed by atoms with Crippen molar-refractivity contribution in [3.8, 4) is 0 Å². The molecule has 1 aromatic carbocycles. The van der Waals surface area contributed by atoms with E-state index in [-0.39, 0.29) is 11.4 Å². The van der Waals surface area contributed by atoms with E-state index in [0.29, 0.717) is 5.65 Å². The van der Waals surface area contributed by atoms with Gasteiger partial charge in [-0.05, 0) is 30.3 Å². The highest BCUT2D eigenvalue weighted by atomic mass is 79.9. The van der Waals surface area contributed by atoms with E-state index in [1.165, 1.54) is 18.3 Å². The summed E-state index contributed by atoms with van der Waals surface area (Å²) >= 11 is 3.30. The first-order chi connectivity index (χ1) is 10.8. The average Bonchev–Trinajstić information content (AvgIpc) is 2.89. The first-order valence-corrected chi connectivity index (χ1v) is 7.25. The van der Waals surface area contributed by atoms with Crippen molar-refractivity contribution in [3.05, 3.63) is 64.5 Å². The van der Waals surface area contributed by atoms with Gasteiger partial charge < -0.3 is 5.32 Å². The van der Waals surface area contributed by atoms with E-state index in [0.717, 1.165) is 16.6 Å². The number of pyridine rings is 1. The van der Waals surface area contributed by atoms with Crippen LogP contribution in [0.4, 0.5) is 18.9 Å². The Hall–Kier alpha value is -2.35. The van der Waals surface area contributed by atoms with E-state index in [9.17, 15) is 18.0 Å². The molecule has 8 heteroatoms. The first-order valence-electron chi connectivity index (χ1n) is 6.46. The van der Waals surface area contributed by atoms with Gasteiger partial charge in [-0.1, -0.05) is 22.0 Å². The van der Waals surface area contributed by atoms with Crippen molar-refractivity contribution in [3.63, 3.8) is 0 Å². The van der Waals surface area contributed by atoms with Gasteiger partial charge in [0.1, 0.15) is 11.3 Å². The van der Waals surface area contributed by atoms with Gasteiger partial charge in [0.25, 0.3) is 5.91 Å². The molecule has 0 aliphatic rings. The number of anilines is 1. The molecule has 23 heavy (non-hydrogen) atoms. The Labute approximate surface area is 137 Å². The number of carbonyl (C=O) groups excluding carboxylic acids is 1. The third kappa shape index (κ3) is 3.21. The van der Waals surface area contributed by atoms with Crippen LogP contribution in [0, 0.1) is 0 Å². The van der Waals surface area contributed by atoms with Crippen LogP contribution in [0.3, 0.4) is 0 Å². The topological polar surface area (TPSA) is 46.4 Å². The smallest absolute Gasteiger partial charge is 0.321 e. The second-order valence-electron chi connectivity index (χ2n) is 4.75. The first kappa shape index (κ1) is 15.5. The lowest BCUT2D eigenvalue weighted by atomic mass is 10.2. The summed E-state index contributed by atoms with van der Waals surface area (Å²) in [6, 6.07) is 7.92. The van der Waals surface area contributed by atoms with Crippen LogP contribution in [0.5, 0.6) is 0 Å². The maximum Gasteiger partial charge on any atom is 0.416 e. The SMILES string of the molecule is O=C(Nc1cccc(C(F)(F)F)c1)c1cnc2cc(Br)ccn12. The molecule has 0 bridgehead atoms. The van der Waals surface area contributed by atoms with Gasteiger partial charge in [-0.3, -0.25) is 9.20 Å². The van der Waals surface area contributed by atoms with Crippen LogP contribution >= 0.6 is 15.9 Å². The second kappa shape index (κ2) is 5.69. The quantitative estimate of drug-likeness (QED) is 0.714. The molecule has 4 nitrogen and oxygen atoms in total. The molecule has 0 atom stereocenters. The van der Waals surface area contributed by atoms with E-state index < -0.39 is 17.6 Å². The summed E-state index contributed by atoms with van der Waals surface area (Å²) in [7, 11) is 0. The van der Waals surface area contributed by atoms with Crippen molar-refractivity contribution >= 4 is 33.2 Å². The number of benzene rings is 1. The van der Waals surface area contributed by atoms with Gasteiger partial charge >= 0.3 is 6.18 Å². The number of hydrogen-bond donors (Lipinski definition) is 1. The van der Waals surface area contributed by atoms with Crippen molar-refractivity contribution in [1.82, 2.24) is 9.38 Å². The average molecular weight is 384 g/mol. The van der Waals surface area contributed by atoms with Crippen molar-refractivity contribution in [2.45, 2.75) is 6.18 Å². The number of nitrogens with zero attached hydrogens (tertiary/aromatic N) is 2. The van der Waals surface area contributed by atoms with E-state index >= 15 is 0 Å². The summed E-state index contributed by atoms with van der Waals surface area (Å²) < 4.78 is 40.4. The molecule has 0 saturated carbocycles. The third-order valence-corrected chi connectivity index (χ3v) is 3.65. The summed E-state index contributed by atoms with van der Waals surface area (Å²) in [5.41, 5.74) is 0.0211. The fraction of sp³-hybridized carbons (Fsp3) is 0.0667. The molecule has 118 valence electrons. The summed E-state index contributed by atoms with van der Waals surface area (Å²) in [6.07, 6.45) is -1.45. The molecular weight excluding hydrogens is 375 g/mol. The molecule has 3 aromatic rings. The molecule has 0 unspecified atom stereocenters. The van der Waals surface area contributed by atoms with Gasteiger partial charge in [0.05, 0.1) is 11.8 Å². The van der Waals surface area contributed by atoms with Crippen LogP contribution in [0.25, 0.3) is 5.65 Å². The molecule has 0 fully saturated rings. The zero-order valence-corrected chi connectivity index (χ0v) is 13.0. The largest absolute Gasteiger partial charge is 0.416 e. The van der Waals surface area contributed by atoms with Crippen LogP contribution in [0.15, 0.2) is 53.3 Å². The molecule has 0 saturated heterocycles. The summed E-state index contributed by atoms with van der Waals surface area (Å²) in [5.74, 6) is -0.542. The highest BCUT2D eigenvalue weighted by Gasteiger charge is 2.30. The molecule has 1 amide bonds. The molecular formula is C15H9BrF3N3O. The molecule has 0 spiro atoms. The Morgan fingerprint density at radius 3 is 2.74 bits per heavy atom. The van der Waals surface area contributed by atoms with Gasteiger partial charge in [-0.15, -0.1) is 0 Å². The Kier molecular flexibility index (Phi) is 3.85. The van der Waals surface area contributed by atoms with Gasteiger partial charge in [-0.25, -0.2) is 4.98 Å². The Balaban J connectivity index is 1.89. The second-order valence-corrected chi connectivity index (χ2v) is 5.66. The lowest BCUT2D eigenvalue weighted by Gasteiger charge is -2.09. The number of hydrogen-bond acceptors (Lipinski definition) is 2. The van der Waals surface area contributed by atoms with E-state index in [1.807, 2.05) is 0 Å². The summed E-state index contributed by atoms with van der Waals surface area (Å²) in [6.45, 7) is 0. The fourth-order valence-electron chi connectivity index (χ4n) is 2.09. The number of carbonyl (C=O) groups is 1.